The maximum absolute atomic E-state index is 11.9. The van der Waals surface area contributed by atoms with E-state index in [0.717, 1.165) is 16.8 Å². The predicted octanol–water partition coefficient (Wildman–Crippen LogP) is 3.95. The second-order valence-corrected chi connectivity index (χ2v) is 6.21. The Morgan fingerprint density at radius 1 is 1.26 bits per heavy atom. The minimum atomic E-state index is -0.108. The molecule has 0 bridgehead atoms. The number of nitrogens with zero attached hydrogens (tertiary/aromatic N) is 3. The largest absolute Gasteiger partial charge is 0.483 e. The van der Waals surface area contributed by atoms with Crippen molar-refractivity contribution in [1.29, 1.82) is 0 Å². The summed E-state index contributed by atoms with van der Waals surface area (Å²) >= 11 is 0. The second kappa shape index (κ2) is 9.52. The highest BCUT2D eigenvalue weighted by atomic mass is 16.5. The van der Waals surface area contributed by atoms with Crippen LogP contribution in [0.2, 0.25) is 0 Å². The van der Waals surface area contributed by atoms with Crippen molar-refractivity contribution >= 4 is 5.78 Å². The van der Waals surface area contributed by atoms with E-state index in [4.69, 9.17) is 4.74 Å². The summed E-state index contributed by atoms with van der Waals surface area (Å²) in [5, 5.41) is 4.42. The van der Waals surface area contributed by atoms with Gasteiger partial charge in [0.05, 0.1) is 29.8 Å². The summed E-state index contributed by atoms with van der Waals surface area (Å²) in [6.45, 7) is 12.7. The lowest BCUT2D eigenvalue weighted by Crippen LogP contribution is -2.23. The molecule has 0 N–H and O–H groups in total. The van der Waals surface area contributed by atoms with Gasteiger partial charge >= 0.3 is 0 Å². The molecule has 1 aromatic carbocycles. The fourth-order valence-electron chi connectivity index (χ4n) is 2.69. The summed E-state index contributed by atoms with van der Waals surface area (Å²) < 4.78 is 5.75. The molecular formula is C21H25N3O3. The Balaban J connectivity index is 2.00. The van der Waals surface area contributed by atoms with Crippen molar-refractivity contribution in [2.45, 2.75) is 20.5 Å². The van der Waals surface area contributed by atoms with Crippen molar-refractivity contribution in [2.24, 2.45) is 5.29 Å². The van der Waals surface area contributed by atoms with E-state index in [1.165, 1.54) is 11.9 Å². The lowest BCUT2D eigenvalue weighted by molar-refractivity contribution is -0.117. The van der Waals surface area contributed by atoms with Gasteiger partial charge in [-0.05, 0) is 24.1 Å². The topological polar surface area (TPSA) is 62.0 Å². The summed E-state index contributed by atoms with van der Waals surface area (Å²) in [6.07, 6.45) is 3.24. The minimum Gasteiger partial charge on any atom is -0.483 e. The number of ether oxygens (including phenoxy) is 1. The molecule has 0 saturated carbocycles. The molecule has 27 heavy (non-hydrogen) atoms. The first-order valence-electron chi connectivity index (χ1n) is 8.74. The molecule has 1 fully saturated rings. The number of rotatable bonds is 11. The van der Waals surface area contributed by atoms with Crippen LogP contribution in [0.25, 0.3) is 0 Å². The minimum absolute atomic E-state index is 0.108. The van der Waals surface area contributed by atoms with Crippen LogP contribution in [0, 0.1) is 4.91 Å². The standard InChI is InChI=1S/C21H25N3O3/c1-5-16(3)19(6-2)24(22-26)13-12-23-14-20(23)21(17(4)25)27-15-18-10-8-7-9-11-18/h5-11H,1-2,12-15H2,3-4H3/b19-16+,21-20-. The molecular weight excluding hydrogens is 342 g/mol. The number of Topliss-reactive ketones (excluding diaryl/α,β-unsaturated/α-hetero) is 1. The summed E-state index contributed by atoms with van der Waals surface area (Å²) in [5.74, 6) is 0.272. The van der Waals surface area contributed by atoms with Crippen molar-refractivity contribution in [3.8, 4) is 0 Å². The van der Waals surface area contributed by atoms with Crippen LogP contribution in [0.1, 0.15) is 19.4 Å². The number of hydrogen-bond acceptors (Lipinski definition) is 5. The van der Waals surface area contributed by atoms with Gasteiger partial charge < -0.3 is 9.64 Å². The Morgan fingerprint density at radius 3 is 2.52 bits per heavy atom. The van der Waals surface area contributed by atoms with Crippen LogP contribution in [-0.2, 0) is 16.1 Å². The molecule has 2 rings (SSSR count). The SMILES string of the molecule is C=C/C(C)=C(\C=C)N(CCN1C/C1=C(/OCc1ccccc1)C(C)=O)N=O. The van der Waals surface area contributed by atoms with E-state index in [-0.39, 0.29) is 5.78 Å². The summed E-state index contributed by atoms with van der Waals surface area (Å²) in [5.41, 5.74) is 3.30. The van der Waals surface area contributed by atoms with Gasteiger partial charge in [-0.15, -0.1) is 4.91 Å². The molecule has 0 aliphatic carbocycles. The Morgan fingerprint density at radius 2 is 1.96 bits per heavy atom. The molecule has 1 aliphatic rings. The van der Waals surface area contributed by atoms with Crippen molar-refractivity contribution < 1.29 is 9.53 Å². The average molecular weight is 367 g/mol. The quantitative estimate of drug-likeness (QED) is 0.148. The van der Waals surface area contributed by atoms with Crippen molar-refractivity contribution in [3.05, 3.63) is 88.8 Å². The van der Waals surface area contributed by atoms with Gasteiger partial charge in [0.25, 0.3) is 0 Å². The van der Waals surface area contributed by atoms with Gasteiger partial charge in [0.1, 0.15) is 6.61 Å². The van der Waals surface area contributed by atoms with Crippen LogP contribution in [0.5, 0.6) is 0 Å². The van der Waals surface area contributed by atoms with E-state index in [2.05, 4.69) is 18.4 Å². The van der Waals surface area contributed by atoms with Gasteiger partial charge in [0, 0.05) is 13.5 Å². The maximum Gasteiger partial charge on any atom is 0.196 e. The van der Waals surface area contributed by atoms with Crippen molar-refractivity contribution in [3.63, 3.8) is 0 Å². The lowest BCUT2D eigenvalue weighted by Gasteiger charge is -2.18. The molecule has 6 nitrogen and oxygen atoms in total. The second-order valence-electron chi connectivity index (χ2n) is 6.21. The van der Waals surface area contributed by atoms with Gasteiger partial charge in [0.2, 0.25) is 0 Å². The summed E-state index contributed by atoms with van der Waals surface area (Å²) in [4.78, 5) is 25.1. The molecule has 0 spiro atoms. The van der Waals surface area contributed by atoms with E-state index >= 15 is 0 Å². The Labute approximate surface area is 160 Å². The average Bonchev–Trinajstić information content (AvgIpc) is 3.44. The number of benzene rings is 1. The number of hydrogen-bond donors (Lipinski definition) is 0. The highest BCUT2D eigenvalue weighted by Gasteiger charge is 2.32. The van der Waals surface area contributed by atoms with Crippen LogP contribution in [0.4, 0.5) is 0 Å². The zero-order chi connectivity index (χ0) is 19.8. The van der Waals surface area contributed by atoms with Gasteiger partial charge in [-0.25, -0.2) is 5.01 Å². The number of carbonyl (C=O) groups excluding carboxylic acids is 1. The van der Waals surface area contributed by atoms with Crippen molar-refractivity contribution in [2.75, 3.05) is 19.6 Å². The third-order valence-corrected chi connectivity index (χ3v) is 4.29. The molecule has 6 heteroatoms. The first kappa shape index (κ1) is 20.2. The lowest BCUT2D eigenvalue weighted by atomic mass is 10.2. The fraction of sp³-hybridized carbons (Fsp3) is 0.286. The molecule has 0 aromatic heterocycles. The van der Waals surface area contributed by atoms with Crippen LogP contribution >= 0.6 is 0 Å². The smallest absolute Gasteiger partial charge is 0.196 e. The number of allylic oxidation sites excluding steroid dienone is 4. The monoisotopic (exact) mass is 367 g/mol. The highest BCUT2D eigenvalue weighted by Crippen LogP contribution is 2.28. The zero-order valence-corrected chi connectivity index (χ0v) is 15.9. The van der Waals surface area contributed by atoms with Crippen LogP contribution < -0.4 is 0 Å². The zero-order valence-electron chi connectivity index (χ0n) is 15.9. The van der Waals surface area contributed by atoms with E-state index in [0.29, 0.717) is 37.7 Å². The molecule has 142 valence electrons. The third kappa shape index (κ3) is 5.41. The molecule has 0 amide bonds. The molecule has 1 aromatic rings. The Kier molecular flexibility index (Phi) is 7.11. The first-order valence-corrected chi connectivity index (χ1v) is 8.74. The summed E-state index contributed by atoms with van der Waals surface area (Å²) in [7, 11) is 0. The normalized spacial score (nSPS) is 15.4. The van der Waals surface area contributed by atoms with Gasteiger partial charge in [-0.1, -0.05) is 49.6 Å². The Bertz CT molecular complexity index is 781. The Hall–Kier alpha value is -3.15. The molecule has 1 aliphatic heterocycles. The molecule has 0 unspecified atom stereocenters. The van der Waals surface area contributed by atoms with E-state index in [1.807, 2.05) is 42.2 Å². The maximum atomic E-state index is 11.9. The number of ketones is 1. The molecule has 1 heterocycles. The highest BCUT2D eigenvalue weighted by molar-refractivity contribution is 5.92. The van der Waals surface area contributed by atoms with E-state index in [9.17, 15) is 9.70 Å². The number of carbonyl (C=O) groups is 1. The van der Waals surface area contributed by atoms with Crippen LogP contribution in [0.15, 0.2) is 83.7 Å². The van der Waals surface area contributed by atoms with Crippen molar-refractivity contribution in [1.82, 2.24) is 9.91 Å². The van der Waals surface area contributed by atoms with Gasteiger partial charge in [0.15, 0.2) is 11.5 Å². The summed E-state index contributed by atoms with van der Waals surface area (Å²) in [6, 6.07) is 9.69. The first-order chi connectivity index (χ1) is 13.0. The third-order valence-electron chi connectivity index (χ3n) is 4.29. The van der Waals surface area contributed by atoms with Crippen LogP contribution in [0.3, 0.4) is 0 Å². The molecule has 0 radical (unpaired) electrons. The van der Waals surface area contributed by atoms with Crippen LogP contribution in [-0.4, -0.2) is 35.3 Å². The van der Waals surface area contributed by atoms with E-state index < -0.39 is 0 Å². The number of nitroso groups, excluding NO2 is 1. The predicted molar refractivity (Wildman–Crippen MR) is 106 cm³/mol. The molecule has 1 saturated heterocycles. The van der Waals surface area contributed by atoms with Gasteiger partial charge in [-0.3, -0.25) is 4.79 Å². The molecule has 0 atom stereocenters. The van der Waals surface area contributed by atoms with E-state index in [1.54, 1.807) is 12.2 Å². The fourth-order valence-corrected chi connectivity index (χ4v) is 2.69. The van der Waals surface area contributed by atoms with Gasteiger partial charge in [-0.2, -0.15) is 0 Å².